The van der Waals surface area contributed by atoms with E-state index in [2.05, 4.69) is 157 Å². The van der Waals surface area contributed by atoms with Gasteiger partial charge in [0.15, 0.2) is 0 Å². The summed E-state index contributed by atoms with van der Waals surface area (Å²) in [5.41, 5.74) is 5.39. The first-order valence-corrected chi connectivity index (χ1v) is 13.0. The molecule has 2 nitrogen and oxygen atoms in total. The normalized spacial score (nSPS) is 13.3. The maximum absolute atomic E-state index is 2.54. The number of rotatable bonds is 12. The Hall–Kier alpha value is -3.46. The number of hydrogen-bond acceptors (Lipinski definition) is 2. The molecular weight excluding hydrogens is 436 g/mol. The van der Waals surface area contributed by atoms with Gasteiger partial charge in [0.25, 0.3) is 0 Å². The van der Waals surface area contributed by atoms with Crippen molar-refractivity contribution in [2.45, 2.75) is 39.0 Å². The molecule has 4 aromatic rings. The van der Waals surface area contributed by atoms with Gasteiger partial charge in [0.1, 0.15) is 0 Å². The summed E-state index contributed by atoms with van der Waals surface area (Å²) < 4.78 is 0. The molecule has 0 saturated heterocycles. The lowest BCUT2D eigenvalue weighted by molar-refractivity contribution is 0.218. The summed E-state index contributed by atoms with van der Waals surface area (Å²) in [7, 11) is 0. The smallest absolute Gasteiger partial charge is 0.0326 e. The lowest BCUT2D eigenvalue weighted by atomic mass is 10.1. The Labute approximate surface area is 217 Å². The van der Waals surface area contributed by atoms with Crippen molar-refractivity contribution in [1.82, 2.24) is 9.80 Å². The quantitative estimate of drug-likeness (QED) is 0.192. The molecule has 0 bridgehead atoms. The summed E-state index contributed by atoms with van der Waals surface area (Å²) in [6.45, 7) is 8.29. The van der Waals surface area contributed by atoms with Crippen LogP contribution >= 0.6 is 0 Å². The third-order valence-electron chi connectivity index (χ3n) is 6.96. The lowest BCUT2D eigenvalue weighted by Gasteiger charge is -2.30. The van der Waals surface area contributed by atoms with Crippen LogP contribution in [0.2, 0.25) is 0 Å². The fraction of sp³-hybridized carbons (Fsp3) is 0.235. The third-order valence-corrected chi connectivity index (χ3v) is 6.96. The summed E-state index contributed by atoms with van der Waals surface area (Å²) in [6.07, 6.45) is 4.69. The average Bonchev–Trinajstić information content (AvgIpc) is 2.95. The van der Waals surface area contributed by atoms with Crippen molar-refractivity contribution < 1.29 is 0 Å². The van der Waals surface area contributed by atoms with Crippen molar-refractivity contribution in [3.05, 3.63) is 156 Å². The van der Waals surface area contributed by atoms with Crippen LogP contribution in [-0.4, -0.2) is 22.9 Å². The maximum atomic E-state index is 2.54. The van der Waals surface area contributed by atoms with Gasteiger partial charge in [-0.1, -0.05) is 133 Å². The first-order valence-electron chi connectivity index (χ1n) is 13.0. The minimum absolute atomic E-state index is 0.333. The van der Waals surface area contributed by atoms with Gasteiger partial charge >= 0.3 is 0 Å². The zero-order valence-electron chi connectivity index (χ0n) is 21.6. The molecule has 36 heavy (non-hydrogen) atoms. The van der Waals surface area contributed by atoms with E-state index in [-0.39, 0.29) is 0 Å². The molecule has 0 fully saturated rings. The molecule has 4 aromatic carbocycles. The van der Waals surface area contributed by atoms with E-state index in [9.17, 15) is 0 Å². The van der Waals surface area contributed by atoms with E-state index in [1.165, 1.54) is 22.3 Å². The van der Waals surface area contributed by atoms with Crippen molar-refractivity contribution in [3.63, 3.8) is 0 Å². The summed E-state index contributed by atoms with van der Waals surface area (Å²) in [4.78, 5) is 5.09. The highest BCUT2D eigenvalue weighted by atomic mass is 15.2. The van der Waals surface area contributed by atoms with Gasteiger partial charge in [-0.3, -0.25) is 9.80 Å². The molecule has 0 spiro atoms. The van der Waals surface area contributed by atoms with Crippen LogP contribution in [0.3, 0.4) is 0 Å². The van der Waals surface area contributed by atoms with Crippen LogP contribution < -0.4 is 0 Å². The molecule has 2 unspecified atom stereocenters. The van der Waals surface area contributed by atoms with Gasteiger partial charge in [0.05, 0.1) is 0 Å². The predicted octanol–water partition coefficient (Wildman–Crippen LogP) is 8.07. The van der Waals surface area contributed by atoms with E-state index in [0.717, 1.165) is 26.2 Å². The van der Waals surface area contributed by atoms with Gasteiger partial charge in [0.2, 0.25) is 0 Å². The molecule has 0 heterocycles. The third kappa shape index (κ3) is 7.52. The monoisotopic (exact) mass is 474 g/mol. The minimum Gasteiger partial charge on any atom is -0.289 e. The van der Waals surface area contributed by atoms with Gasteiger partial charge in [-0.05, 0) is 36.1 Å². The van der Waals surface area contributed by atoms with Crippen LogP contribution in [0, 0.1) is 0 Å². The van der Waals surface area contributed by atoms with Gasteiger partial charge in [-0.2, -0.15) is 0 Å². The molecule has 0 radical (unpaired) electrons. The van der Waals surface area contributed by atoms with Crippen LogP contribution in [0.4, 0.5) is 0 Å². The Morgan fingerprint density at radius 2 is 0.778 bits per heavy atom. The van der Waals surface area contributed by atoms with Crippen molar-refractivity contribution in [2.24, 2.45) is 0 Å². The number of hydrogen-bond donors (Lipinski definition) is 0. The Kier molecular flexibility index (Phi) is 9.67. The molecule has 0 aliphatic carbocycles. The molecule has 0 amide bonds. The molecule has 0 saturated carbocycles. The Balaban J connectivity index is 1.47. The van der Waals surface area contributed by atoms with E-state index in [1.54, 1.807) is 0 Å². The zero-order valence-corrected chi connectivity index (χ0v) is 21.6. The van der Waals surface area contributed by atoms with Gasteiger partial charge in [-0.15, -0.1) is 0 Å². The van der Waals surface area contributed by atoms with Gasteiger partial charge in [-0.25, -0.2) is 0 Å². The standard InChI is InChI=1S/C34H38N2/c1-29(33-21-11-5-12-22-33)35(27-31-17-7-3-8-18-31)25-15-16-26-36(28-32-19-9-4-10-20-32)30(2)34-23-13-6-14-24-34/h3-24,29-30H,25-28H2,1-2H3. The van der Waals surface area contributed by atoms with Crippen molar-refractivity contribution in [1.29, 1.82) is 0 Å². The second kappa shape index (κ2) is 13.6. The lowest BCUT2D eigenvalue weighted by Crippen LogP contribution is -2.28. The Morgan fingerprint density at radius 1 is 0.472 bits per heavy atom. The Bertz CT molecular complexity index is 1060. The van der Waals surface area contributed by atoms with Crippen LogP contribution in [0.25, 0.3) is 0 Å². The SMILES string of the molecule is CC(c1ccccc1)N(CC=CCN(Cc1ccccc1)C(C)c1ccccc1)Cc1ccccc1. The highest BCUT2D eigenvalue weighted by Gasteiger charge is 2.17. The summed E-state index contributed by atoms with van der Waals surface area (Å²) in [6, 6.07) is 43.9. The molecule has 0 aliphatic rings. The van der Waals surface area contributed by atoms with E-state index >= 15 is 0 Å². The topological polar surface area (TPSA) is 6.48 Å². The first-order chi connectivity index (χ1) is 17.7. The summed E-state index contributed by atoms with van der Waals surface area (Å²) >= 11 is 0. The molecule has 0 aromatic heterocycles. The highest BCUT2D eigenvalue weighted by Crippen LogP contribution is 2.24. The minimum atomic E-state index is 0.333. The molecule has 2 atom stereocenters. The molecular formula is C34H38N2. The molecule has 2 heteroatoms. The maximum Gasteiger partial charge on any atom is 0.0326 e. The van der Waals surface area contributed by atoms with Crippen LogP contribution in [0.1, 0.15) is 48.2 Å². The van der Waals surface area contributed by atoms with Crippen LogP contribution in [0.5, 0.6) is 0 Å². The first kappa shape index (κ1) is 25.6. The van der Waals surface area contributed by atoms with Crippen LogP contribution in [0.15, 0.2) is 133 Å². The Morgan fingerprint density at radius 3 is 1.11 bits per heavy atom. The van der Waals surface area contributed by atoms with E-state index in [1.807, 2.05) is 0 Å². The van der Waals surface area contributed by atoms with Crippen molar-refractivity contribution in [2.75, 3.05) is 13.1 Å². The van der Waals surface area contributed by atoms with Crippen LogP contribution in [-0.2, 0) is 13.1 Å². The number of nitrogens with zero attached hydrogens (tertiary/aromatic N) is 2. The second-order valence-electron chi connectivity index (χ2n) is 9.47. The summed E-state index contributed by atoms with van der Waals surface area (Å²) in [5, 5.41) is 0. The molecule has 0 N–H and O–H groups in total. The van der Waals surface area contributed by atoms with Gasteiger partial charge in [0, 0.05) is 38.3 Å². The van der Waals surface area contributed by atoms with Gasteiger partial charge < -0.3 is 0 Å². The molecule has 4 rings (SSSR count). The number of benzene rings is 4. The fourth-order valence-corrected chi connectivity index (χ4v) is 4.66. The zero-order chi connectivity index (χ0) is 25.0. The van der Waals surface area contributed by atoms with Crippen molar-refractivity contribution in [3.8, 4) is 0 Å². The van der Waals surface area contributed by atoms with Crippen molar-refractivity contribution >= 4 is 0 Å². The fourth-order valence-electron chi connectivity index (χ4n) is 4.66. The molecule has 0 aliphatic heterocycles. The second-order valence-corrected chi connectivity index (χ2v) is 9.47. The largest absolute Gasteiger partial charge is 0.289 e. The van der Waals surface area contributed by atoms with E-state index < -0.39 is 0 Å². The van der Waals surface area contributed by atoms with E-state index in [0.29, 0.717) is 12.1 Å². The average molecular weight is 475 g/mol. The van der Waals surface area contributed by atoms with E-state index in [4.69, 9.17) is 0 Å². The summed E-state index contributed by atoms with van der Waals surface area (Å²) in [5.74, 6) is 0. The highest BCUT2D eigenvalue weighted by molar-refractivity contribution is 5.22. The predicted molar refractivity (Wildman–Crippen MR) is 153 cm³/mol. The molecule has 184 valence electrons.